The number of benzene rings is 1. The second kappa shape index (κ2) is 9.72. The van der Waals surface area contributed by atoms with Crippen molar-refractivity contribution in [2.24, 2.45) is 5.92 Å². The van der Waals surface area contributed by atoms with Crippen LogP contribution in [-0.4, -0.2) is 69.8 Å². The van der Waals surface area contributed by atoms with Crippen molar-refractivity contribution in [1.29, 1.82) is 0 Å². The summed E-state index contributed by atoms with van der Waals surface area (Å²) in [7, 11) is 0. The van der Waals surface area contributed by atoms with E-state index in [-0.39, 0.29) is 29.9 Å². The highest BCUT2D eigenvalue weighted by atomic mass is 32.1. The van der Waals surface area contributed by atoms with Gasteiger partial charge in [0.1, 0.15) is 5.69 Å². The van der Waals surface area contributed by atoms with E-state index >= 15 is 0 Å². The highest BCUT2D eigenvalue weighted by Crippen LogP contribution is 2.30. The molecular weight excluding hydrogens is 448 g/mol. The first kappa shape index (κ1) is 22.8. The third kappa shape index (κ3) is 4.65. The first-order valence-corrected chi connectivity index (χ1v) is 12.8. The maximum atomic E-state index is 13.6. The van der Waals surface area contributed by atoms with Gasteiger partial charge in [-0.15, -0.1) is 11.3 Å². The summed E-state index contributed by atoms with van der Waals surface area (Å²) in [6.07, 6.45) is 3.33. The van der Waals surface area contributed by atoms with E-state index in [1.807, 2.05) is 77.7 Å². The lowest BCUT2D eigenvalue weighted by atomic mass is 9.94. The van der Waals surface area contributed by atoms with E-state index in [1.165, 1.54) is 0 Å². The van der Waals surface area contributed by atoms with Gasteiger partial charge in [-0.1, -0.05) is 24.3 Å². The van der Waals surface area contributed by atoms with E-state index in [0.29, 0.717) is 50.3 Å². The number of ether oxygens (including phenoxy) is 1. The number of carbonyl (C=O) groups excluding carboxylic acids is 2. The number of para-hydroxylation sites is 1. The smallest absolute Gasteiger partial charge is 0.257 e. The van der Waals surface area contributed by atoms with Crippen LogP contribution in [0.3, 0.4) is 0 Å². The minimum Gasteiger partial charge on any atom is -0.372 e. The van der Waals surface area contributed by atoms with E-state index in [4.69, 9.17) is 9.84 Å². The molecule has 7 nitrogen and oxygen atoms in total. The minimum absolute atomic E-state index is 0.0231. The molecule has 1 aromatic carbocycles. The molecule has 2 saturated heterocycles. The van der Waals surface area contributed by atoms with Gasteiger partial charge in [0.05, 0.1) is 28.3 Å². The van der Waals surface area contributed by atoms with Gasteiger partial charge in [-0.2, -0.15) is 5.10 Å². The SMILES string of the molecule is CC1CN(C(=O)C2CCN(C(=O)c3cn(-c4ccccc4)nc3-c3cccs3)CC2)CC(C)O1. The Morgan fingerprint density at radius 3 is 2.32 bits per heavy atom. The molecule has 0 saturated carbocycles. The van der Waals surface area contributed by atoms with Crippen LogP contribution in [0.15, 0.2) is 54.0 Å². The van der Waals surface area contributed by atoms with Gasteiger partial charge in [0.25, 0.3) is 5.91 Å². The van der Waals surface area contributed by atoms with Crippen LogP contribution in [0.4, 0.5) is 0 Å². The fourth-order valence-electron chi connectivity index (χ4n) is 4.95. The summed E-state index contributed by atoms with van der Waals surface area (Å²) in [5.41, 5.74) is 2.22. The molecule has 0 N–H and O–H groups in total. The lowest BCUT2D eigenvalue weighted by molar-refractivity contribution is -0.148. The standard InChI is InChI=1S/C26H30N4O3S/c1-18-15-29(16-19(2)33-18)25(31)20-10-12-28(13-11-20)26(32)22-17-30(21-7-4-3-5-8-21)27-24(22)23-9-6-14-34-23/h3-9,14,17-20H,10-13,15-16H2,1-2H3. The van der Waals surface area contributed by atoms with Crippen molar-refractivity contribution in [3.63, 3.8) is 0 Å². The van der Waals surface area contributed by atoms with Crippen LogP contribution in [0.2, 0.25) is 0 Å². The van der Waals surface area contributed by atoms with Crippen LogP contribution in [0.5, 0.6) is 0 Å². The van der Waals surface area contributed by atoms with E-state index in [1.54, 1.807) is 16.0 Å². The summed E-state index contributed by atoms with van der Waals surface area (Å²) >= 11 is 1.58. The third-order valence-corrected chi connectivity index (χ3v) is 7.46. The molecule has 2 aromatic heterocycles. The van der Waals surface area contributed by atoms with Crippen molar-refractivity contribution >= 4 is 23.2 Å². The van der Waals surface area contributed by atoms with Gasteiger partial charge in [0, 0.05) is 38.3 Å². The molecular formula is C26H30N4O3S. The molecule has 0 radical (unpaired) electrons. The fourth-order valence-corrected chi connectivity index (χ4v) is 5.68. The molecule has 2 unspecified atom stereocenters. The molecule has 34 heavy (non-hydrogen) atoms. The van der Waals surface area contributed by atoms with Crippen LogP contribution >= 0.6 is 11.3 Å². The average Bonchev–Trinajstić information content (AvgIpc) is 3.53. The van der Waals surface area contributed by atoms with Gasteiger partial charge < -0.3 is 14.5 Å². The molecule has 2 atom stereocenters. The zero-order valence-corrected chi connectivity index (χ0v) is 20.4. The number of nitrogens with zero attached hydrogens (tertiary/aromatic N) is 4. The predicted octanol–water partition coefficient (Wildman–Crippen LogP) is 4.09. The monoisotopic (exact) mass is 478 g/mol. The van der Waals surface area contributed by atoms with Crippen molar-refractivity contribution in [3.8, 4) is 16.3 Å². The van der Waals surface area contributed by atoms with Crippen molar-refractivity contribution in [2.75, 3.05) is 26.2 Å². The summed E-state index contributed by atoms with van der Waals surface area (Å²) in [5.74, 6) is 0.140. The molecule has 0 spiro atoms. The normalized spacial score (nSPS) is 21.6. The van der Waals surface area contributed by atoms with Gasteiger partial charge >= 0.3 is 0 Å². The molecule has 5 rings (SSSR count). The predicted molar refractivity (Wildman–Crippen MR) is 132 cm³/mol. The Morgan fingerprint density at radius 2 is 1.68 bits per heavy atom. The number of morpholine rings is 1. The van der Waals surface area contributed by atoms with E-state index in [2.05, 4.69) is 0 Å². The number of hydrogen-bond acceptors (Lipinski definition) is 5. The second-order valence-corrected chi connectivity index (χ2v) is 10.2. The van der Waals surface area contributed by atoms with E-state index in [9.17, 15) is 9.59 Å². The average molecular weight is 479 g/mol. The number of amides is 2. The van der Waals surface area contributed by atoms with Crippen molar-refractivity contribution in [3.05, 3.63) is 59.6 Å². The Bertz CT molecular complexity index is 1130. The quantitative estimate of drug-likeness (QED) is 0.567. The van der Waals surface area contributed by atoms with Crippen LogP contribution in [0.1, 0.15) is 37.0 Å². The number of likely N-dealkylation sites (tertiary alicyclic amines) is 1. The van der Waals surface area contributed by atoms with E-state index < -0.39 is 0 Å². The van der Waals surface area contributed by atoms with Gasteiger partial charge in [-0.05, 0) is 50.3 Å². The molecule has 178 valence electrons. The Kier molecular flexibility index (Phi) is 6.52. The number of aromatic nitrogens is 2. The lowest BCUT2D eigenvalue weighted by Gasteiger charge is -2.39. The summed E-state index contributed by atoms with van der Waals surface area (Å²) in [4.78, 5) is 31.5. The number of rotatable bonds is 4. The van der Waals surface area contributed by atoms with Gasteiger partial charge in [0.15, 0.2) is 0 Å². The Morgan fingerprint density at radius 1 is 0.971 bits per heavy atom. The summed E-state index contributed by atoms with van der Waals surface area (Å²) in [6, 6.07) is 13.8. The second-order valence-electron chi connectivity index (χ2n) is 9.22. The summed E-state index contributed by atoms with van der Waals surface area (Å²) in [5, 5.41) is 6.76. The number of hydrogen-bond donors (Lipinski definition) is 0. The van der Waals surface area contributed by atoms with Gasteiger partial charge in [-0.3, -0.25) is 9.59 Å². The van der Waals surface area contributed by atoms with Crippen molar-refractivity contribution in [2.45, 2.75) is 38.9 Å². The zero-order chi connectivity index (χ0) is 23.7. The molecule has 0 aliphatic carbocycles. The molecule has 4 heterocycles. The van der Waals surface area contributed by atoms with Crippen LogP contribution in [-0.2, 0) is 9.53 Å². The van der Waals surface area contributed by atoms with Gasteiger partial charge in [-0.25, -0.2) is 4.68 Å². The first-order valence-electron chi connectivity index (χ1n) is 11.9. The summed E-state index contributed by atoms with van der Waals surface area (Å²) in [6.45, 7) is 6.46. The van der Waals surface area contributed by atoms with Gasteiger partial charge in [0.2, 0.25) is 5.91 Å². The minimum atomic E-state index is -0.0367. The maximum absolute atomic E-state index is 13.6. The molecule has 3 aromatic rings. The lowest BCUT2D eigenvalue weighted by Crippen LogP contribution is -2.51. The first-order chi connectivity index (χ1) is 16.5. The molecule has 0 bridgehead atoms. The molecule has 8 heteroatoms. The fraction of sp³-hybridized carbons (Fsp3) is 0.423. The highest BCUT2D eigenvalue weighted by Gasteiger charge is 2.34. The number of piperidine rings is 1. The van der Waals surface area contributed by atoms with Crippen molar-refractivity contribution < 1.29 is 14.3 Å². The highest BCUT2D eigenvalue weighted by molar-refractivity contribution is 7.13. The zero-order valence-electron chi connectivity index (χ0n) is 19.6. The third-order valence-electron chi connectivity index (χ3n) is 6.58. The van der Waals surface area contributed by atoms with E-state index in [0.717, 1.165) is 10.6 Å². The van der Waals surface area contributed by atoms with Crippen molar-refractivity contribution in [1.82, 2.24) is 19.6 Å². The van der Waals surface area contributed by atoms with Crippen LogP contribution in [0.25, 0.3) is 16.3 Å². The van der Waals surface area contributed by atoms with Crippen LogP contribution in [0, 0.1) is 5.92 Å². The maximum Gasteiger partial charge on any atom is 0.257 e. The Balaban J connectivity index is 1.31. The molecule has 2 fully saturated rings. The largest absolute Gasteiger partial charge is 0.372 e. The Hall–Kier alpha value is -2.97. The molecule has 2 aliphatic rings. The molecule has 2 amide bonds. The Labute approximate surface area is 203 Å². The number of thiophene rings is 1. The topological polar surface area (TPSA) is 67.7 Å². The number of carbonyl (C=O) groups is 2. The van der Waals surface area contributed by atoms with Crippen LogP contribution < -0.4 is 0 Å². The summed E-state index contributed by atoms with van der Waals surface area (Å²) < 4.78 is 7.55. The molecule has 2 aliphatic heterocycles.